The Kier molecular flexibility index (Phi) is 4.30. The number of halogens is 1. The Morgan fingerprint density at radius 3 is 3.14 bits per heavy atom. The second-order valence-corrected chi connectivity index (χ2v) is 7.52. The van der Waals surface area contributed by atoms with E-state index in [1.807, 2.05) is 7.05 Å². The number of anilines is 1. The summed E-state index contributed by atoms with van der Waals surface area (Å²) in [6, 6.07) is 3.11. The molecule has 9 heteroatoms. The number of hydrogen-bond donors (Lipinski definition) is 1. The topological polar surface area (TPSA) is 84.7 Å². The van der Waals surface area contributed by atoms with Crippen LogP contribution in [0, 0.1) is 5.82 Å². The van der Waals surface area contributed by atoms with Crippen molar-refractivity contribution in [3.8, 4) is 5.75 Å². The van der Waals surface area contributed by atoms with Crippen molar-refractivity contribution >= 4 is 17.5 Å². The number of aromatic nitrogens is 4. The fourth-order valence-electron chi connectivity index (χ4n) is 4.14. The number of hydrogen-bond acceptors (Lipinski definition) is 6. The Labute approximate surface area is 166 Å². The van der Waals surface area contributed by atoms with Gasteiger partial charge in [-0.3, -0.25) is 9.20 Å². The smallest absolute Gasteiger partial charge is 0.222 e. The second kappa shape index (κ2) is 6.98. The third-order valence-electron chi connectivity index (χ3n) is 5.82. The van der Waals surface area contributed by atoms with E-state index in [4.69, 9.17) is 4.74 Å². The Bertz CT molecular complexity index is 1100. The maximum Gasteiger partial charge on any atom is 0.222 e. The number of benzene rings is 1. The summed E-state index contributed by atoms with van der Waals surface area (Å²) in [5, 5.41) is 11.5. The fourth-order valence-corrected chi connectivity index (χ4v) is 4.14. The van der Waals surface area contributed by atoms with E-state index in [0.717, 1.165) is 23.3 Å². The molecule has 4 heterocycles. The maximum absolute atomic E-state index is 14.4. The molecule has 8 nitrogen and oxygen atoms in total. The number of carbonyl (C=O) groups excluding carboxylic acids is 1. The highest BCUT2D eigenvalue weighted by molar-refractivity contribution is 5.78. The molecule has 2 aliphatic heterocycles. The first-order valence-electron chi connectivity index (χ1n) is 9.71. The highest BCUT2D eigenvalue weighted by Crippen LogP contribution is 2.32. The van der Waals surface area contributed by atoms with Gasteiger partial charge < -0.3 is 15.0 Å². The first-order chi connectivity index (χ1) is 14.1. The number of nitrogens with one attached hydrogen (secondary N) is 1. The highest BCUT2D eigenvalue weighted by Gasteiger charge is 2.27. The lowest BCUT2D eigenvalue weighted by atomic mass is 9.90. The Balaban J connectivity index is 1.42. The van der Waals surface area contributed by atoms with Crippen molar-refractivity contribution in [3.63, 3.8) is 0 Å². The minimum absolute atomic E-state index is 0.0685. The van der Waals surface area contributed by atoms with E-state index in [1.54, 1.807) is 27.9 Å². The van der Waals surface area contributed by atoms with Gasteiger partial charge in [0.05, 0.1) is 6.61 Å². The summed E-state index contributed by atoms with van der Waals surface area (Å²) in [4.78, 5) is 18.4. The number of amides is 1. The average molecular weight is 396 g/mol. The van der Waals surface area contributed by atoms with E-state index in [-0.39, 0.29) is 24.2 Å². The Morgan fingerprint density at radius 1 is 1.38 bits per heavy atom. The Hall–Kier alpha value is -3.23. The summed E-state index contributed by atoms with van der Waals surface area (Å²) in [6.45, 7) is 1.57. The monoisotopic (exact) mass is 396 g/mol. The molecule has 3 aromatic rings. The lowest BCUT2D eigenvalue weighted by molar-refractivity contribution is -0.132. The van der Waals surface area contributed by atoms with Crippen LogP contribution in [0.15, 0.2) is 24.7 Å². The van der Waals surface area contributed by atoms with E-state index in [9.17, 15) is 9.18 Å². The van der Waals surface area contributed by atoms with Gasteiger partial charge in [0.1, 0.15) is 17.9 Å². The molecule has 1 N–H and O–H groups in total. The molecule has 0 saturated carbocycles. The van der Waals surface area contributed by atoms with Crippen LogP contribution in [0.5, 0.6) is 5.75 Å². The number of fused-ring (bicyclic) bond motifs is 2. The predicted molar refractivity (Wildman–Crippen MR) is 103 cm³/mol. The van der Waals surface area contributed by atoms with E-state index in [2.05, 4.69) is 20.5 Å². The van der Waals surface area contributed by atoms with Gasteiger partial charge in [0.25, 0.3) is 0 Å². The summed E-state index contributed by atoms with van der Waals surface area (Å²) in [6.07, 6.45) is 5.34. The number of carbonyl (C=O) groups is 1. The van der Waals surface area contributed by atoms with E-state index < -0.39 is 0 Å². The standard InChI is InChI=1S/C20H21FN6O2/c1-26-6-4-12(8-18(26)28)14-9-22-20(27-11-24-25-19(14)27)23-10-15-13-5-7-29-17(13)3-2-16(15)21/h2-3,9,11-12H,4-8,10H2,1H3,(H,22,23). The number of likely N-dealkylation sites (tertiary alicyclic amines) is 1. The van der Waals surface area contributed by atoms with Crippen molar-refractivity contribution in [1.82, 2.24) is 24.5 Å². The molecule has 1 saturated heterocycles. The fraction of sp³-hybridized carbons (Fsp3) is 0.400. The molecule has 1 atom stereocenters. The molecule has 1 aromatic carbocycles. The third-order valence-corrected chi connectivity index (χ3v) is 5.82. The summed E-state index contributed by atoms with van der Waals surface area (Å²) in [5.74, 6) is 1.20. The van der Waals surface area contributed by atoms with Crippen LogP contribution >= 0.6 is 0 Å². The molecule has 2 aromatic heterocycles. The molecule has 0 radical (unpaired) electrons. The van der Waals surface area contributed by atoms with Gasteiger partial charge in [-0.15, -0.1) is 10.2 Å². The molecule has 1 amide bonds. The quantitative estimate of drug-likeness (QED) is 0.727. The summed E-state index contributed by atoms with van der Waals surface area (Å²) in [5.41, 5.74) is 3.08. The van der Waals surface area contributed by atoms with Gasteiger partial charge in [-0.25, -0.2) is 9.37 Å². The van der Waals surface area contributed by atoms with Crippen LogP contribution in [-0.2, 0) is 17.8 Å². The number of rotatable bonds is 4. The molecule has 5 rings (SSSR count). The van der Waals surface area contributed by atoms with Crippen molar-refractivity contribution in [1.29, 1.82) is 0 Å². The van der Waals surface area contributed by atoms with Crippen LogP contribution in [0.25, 0.3) is 5.65 Å². The molecule has 0 spiro atoms. The molecule has 1 fully saturated rings. The molecular weight excluding hydrogens is 375 g/mol. The van der Waals surface area contributed by atoms with Crippen molar-refractivity contribution in [2.24, 2.45) is 0 Å². The summed E-state index contributed by atoms with van der Waals surface area (Å²) in [7, 11) is 1.82. The van der Waals surface area contributed by atoms with Gasteiger partial charge in [-0.1, -0.05) is 0 Å². The van der Waals surface area contributed by atoms with Gasteiger partial charge in [0.2, 0.25) is 11.9 Å². The van der Waals surface area contributed by atoms with E-state index >= 15 is 0 Å². The minimum atomic E-state index is -0.261. The zero-order valence-corrected chi connectivity index (χ0v) is 16.1. The van der Waals surface area contributed by atoms with Gasteiger partial charge in [0.15, 0.2) is 5.65 Å². The normalized spacial score (nSPS) is 18.8. The van der Waals surface area contributed by atoms with Crippen LogP contribution in [0.4, 0.5) is 10.3 Å². The van der Waals surface area contributed by atoms with Crippen LogP contribution in [0.2, 0.25) is 0 Å². The molecule has 0 aliphatic carbocycles. The maximum atomic E-state index is 14.4. The second-order valence-electron chi connectivity index (χ2n) is 7.52. The lowest BCUT2D eigenvalue weighted by Gasteiger charge is -2.28. The van der Waals surface area contributed by atoms with Crippen molar-refractivity contribution in [2.45, 2.75) is 31.7 Å². The predicted octanol–water partition coefficient (Wildman–Crippen LogP) is 2.15. The first kappa shape index (κ1) is 17.8. The molecule has 1 unspecified atom stereocenters. The van der Waals surface area contributed by atoms with E-state index in [0.29, 0.717) is 43.2 Å². The van der Waals surface area contributed by atoms with Crippen LogP contribution in [0.1, 0.15) is 35.4 Å². The van der Waals surface area contributed by atoms with Gasteiger partial charge in [0, 0.05) is 55.9 Å². The Morgan fingerprint density at radius 2 is 2.28 bits per heavy atom. The zero-order valence-electron chi connectivity index (χ0n) is 16.1. The number of piperidine rings is 1. The average Bonchev–Trinajstić information content (AvgIpc) is 3.39. The van der Waals surface area contributed by atoms with Gasteiger partial charge in [-0.05, 0) is 24.5 Å². The third kappa shape index (κ3) is 3.06. The SMILES string of the molecule is CN1CCC(c2cnc(NCc3c(F)ccc4c3CCO4)n3cnnc23)CC1=O. The molecular formula is C20H21FN6O2. The van der Waals surface area contributed by atoms with Crippen LogP contribution < -0.4 is 10.1 Å². The highest BCUT2D eigenvalue weighted by atomic mass is 19.1. The number of ether oxygens (including phenoxy) is 1. The van der Waals surface area contributed by atoms with Gasteiger partial charge in [-0.2, -0.15) is 0 Å². The summed E-state index contributed by atoms with van der Waals surface area (Å²) < 4.78 is 21.7. The van der Waals surface area contributed by atoms with Gasteiger partial charge >= 0.3 is 0 Å². The summed E-state index contributed by atoms with van der Waals surface area (Å²) >= 11 is 0. The van der Waals surface area contributed by atoms with Crippen molar-refractivity contribution < 1.29 is 13.9 Å². The molecule has 2 aliphatic rings. The molecule has 29 heavy (non-hydrogen) atoms. The first-order valence-corrected chi connectivity index (χ1v) is 9.71. The number of nitrogens with zero attached hydrogens (tertiary/aromatic N) is 5. The van der Waals surface area contributed by atoms with Crippen LogP contribution in [0.3, 0.4) is 0 Å². The van der Waals surface area contributed by atoms with Crippen LogP contribution in [-0.4, -0.2) is 50.6 Å². The molecule has 150 valence electrons. The largest absolute Gasteiger partial charge is 0.493 e. The van der Waals surface area contributed by atoms with Crippen molar-refractivity contribution in [3.05, 3.63) is 47.2 Å². The van der Waals surface area contributed by atoms with Crippen molar-refractivity contribution in [2.75, 3.05) is 25.5 Å². The van der Waals surface area contributed by atoms with E-state index in [1.165, 1.54) is 6.07 Å². The molecule has 0 bridgehead atoms. The lowest BCUT2D eigenvalue weighted by Crippen LogP contribution is -2.35. The zero-order chi connectivity index (χ0) is 20.0. The minimum Gasteiger partial charge on any atom is -0.493 e.